The fraction of sp³-hybridized carbons (Fsp3) is 0.600. The maximum Gasteiger partial charge on any atom is 0.252 e. The van der Waals surface area contributed by atoms with E-state index in [1.165, 1.54) is 11.3 Å². The number of hydrogen-bond donors (Lipinski definition) is 1. The molecule has 104 valence electrons. The lowest BCUT2D eigenvalue weighted by Gasteiger charge is -2.30. The summed E-state index contributed by atoms with van der Waals surface area (Å²) in [7, 11) is -3.32. The molecular weight excluding hydrogens is 360 g/mol. The third-order valence-electron chi connectivity index (χ3n) is 2.96. The first-order chi connectivity index (χ1) is 8.04. The van der Waals surface area contributed by atoms with Crippen molar-refractivity contribution in [2.24, 2.45) is 11.7 Å². The van der Waals surface area contributed by atoms with Gasteiger partial charge in [-0.05, 0) is 53.4 Å². The van der Waals surface area contributed by atoms with Crippen molar-refractivity contribution in [1.82, 2.24) is 4.31 Å². The lowest BCUT2D eigenvalue weighted by Crippen LogP contribution is -2.41. The topological polar surface area (TPSA) is 63.4 Å². The van der Waals surface area contributed by atoms with Crippen LogP contribution in [0.1, 0.15) is 12.8 Å². The lowest BCUT2D eigenvalue weighted by atomic mass is 10.0. The number of sulfonamides is 1. The second-order valence-corrected chi connectivity index (χ2v) is 8.79. The van der Waals surface area contributed by atoms with Gasteiger partial charge in [0.1, 0.15) is 4.21 Å². The summed E-state index contributed by atoms with van der Waals surface area (Å²) in [6.07, 6.45) is 1.92. The summed E-state index contributed by atoms with van der Waals surface area (Å²) in [6, 6.07) is 3.41. The molecule has 2 rings (SSSR count). The van der Waals surface area contributed by atoms with Gasteiger partial charge < -0.3 is 5.73 Å². The fourth-order valence-electron chi connectivity index (χ4n) is 2.00. The van der Waals surface area contributed by atoms with E-state index in [-0.39, 0.29) is 12.4 Å². The van der Waals surface area contributed by atoms with Crippen LogP contribution in [0.15, 0.2) is 20.1 Å². The number of piperidine rings is 1. The van der Waals surface area contributed by atoms with E-state index in [0.717, 1.165) is 16.6 Å². The number of nitrogens with zero attached hydrogens (tertiary/aromatic N) is 1. The molecule has 0 radical (unpaired) electrons. The molecule has 0 amide bonds. The molecule has 2 heterocycles. The number of hydrogen-bond acceptors (Lipinski definition) is 4. The van der Waals surface area contributed by atoms with Crippen LogP contribution >= 0.6 is 39.7 Å². The Hall–Kier alpha value is 0.340. The van der Waals surface area contributed by atoms with Crippen molar-refractivity contribution in [3.8, 4) is 0 Å². The van der Waals surface area contributed by atoms with Crippen molar-refractivity contribution in [1.29, 1.82) is 0 Å². The minimum absolute atomic E-state index is 0. The Morgan fingerprint density at radius 2 is 2.22 bits per heavy atom. The highest BCUT2D eigenvalue weighted by molar-refractivity contribution is 9.11. The molecule has 2 N–H and O–H groups in total. The molecule has 0 aromatic carbocycles. The molecule has 1 aliphatic heterocycles. The van der Waals surface area contributed by atoms with Gasteiger partial charge in [-0.25, -0.2) is 8.42 Å². The Kier molecular flexibility index (Phi) is 6.08. The molecule has 1 atom stereocenters. The van der Waals surface area contributed by atoms with Crippen LogP contribution in [0.25, 0.3) is 0 Å². The second kappa shape index (κ2) is 6.67. The fourth-order valence-corrected chi connectivity index (χ4v) is 5.72. The van der Waals surface area contributed by atoms with Crippen LogP contribution in [0.4, 0.5) is 0 Å². The van der Waals surface area contributed by atoms with Gasteiger partial charge >= 0.3 is 0 Å². The van der Waals surface area contributed by atoms with Crippen LogP contribution in [-0.2, 0) is 10.0 Å². The Morgan fingerprint density at radius 3 is 2.78 bits per heavy atom. The van der Waals surface area contributed by atoms with E-state index in [9.17, 15) is 8.42 Å². The predicted molar refractivity (Wildman–Crippen MR) is 79.8 cm³/mol. The summed E-state index contributed by atoms with van der Waals surface area (Å²) in [5.41, 5.74) is 5.63. The first-order valence-electron chi connectivity index (χ1n) is 5.49. The maximum absolute atomic E-state index is 12.3. The Morgan fingerprint density at radius 1 is 1.50 bits per heavy atom. The van der Waals surface area contributed by atoms with Crippen LogP contribution in [0.3, 0.4) is 0 Å². The van der Waals surface area contributed by atoms with Gasteiger partial charge in [0, 0.05) is 13.1 Å². The molecule has 18 heavy (non-hydrogen) atoms. The molecule has 1 fully saturated rings. The largest absolute Gasteiger partial charge is 0.330 e. The van der Waals surface area contributed by atoms with Gasteiger partial charge in [0.05, 0.1) is 3.79 Å². The first kappa shape index (κ1) is 16.4. The molecule has 4 nitrogen and oxygen atoms in total. The van der Waals surface area contributed by atoms with Crippen molar-refractivity contribution < 1.29 is 8.42 Å². The van der Waals surface area contributed by atoms with Gasteiger partial charge in [0.25, 0.3) is 10.0 Å². The smallest absolute Gasteiger partial charge is 0.252 e. The quantitative estimate of drug-likeness (QED) is 0.881. The standard InChI is InChI=1S/C10H15BrN2O2S2.ClH/c11-9-3-4-10(16-9)17(14,15)13-5-1-2-8(6-12)7-13;/h3-4,8H,1-2,5-7,12H2;1H. The van der Waals surface area contributed by atoms with Gasteiger partial charge in [-0.3, -0.25) is 0 Å². The summed E-state index contributed by atoms with van der Waals surface area (Å²) >= 11 is 4.54. The van der Waals surface area contributed by atoms with Crippen LogP contribution in [0.2, 0.25) is 0 Å². The van der Waals surface area contributed by atoms with E-state index < -0.39 is 10.0 Å². The van der Waals surface area contributed by atoms with Crippen molar-refractivity contribution >= 4 is 49.7 Å². The van der Waals surface area contributed by atoms with Crippen molar-refractivity contribution in [3.63, 3.8) is 0 Å². The Balaban J connectivity index is 0.00000162. The normalized spacial score (nSPS) is 21.6. The Bertz CT molecular complexity index is 492. The number of halogens is 2. The number of nitrogens with two attached hydrogens (primary N) is 1. The van der Waals surface area contributed by atoms with Gasteiger partial charge in [-0.2, -0.15) is 4.31 Å². The van der Waals surface area contributed by atoms with Crippen LogP contribution in [-0.4, -0.2) is 32.4 Å². The highest BCUT2D eigenvalue weighted by atomic mass is 79.9. The zero-order valence-electron chi connectivity index (χ0n) is 9.71. The van der Waals surface area contributed by atoms with E-state index in [1.54, 1.807) is 16.4 Å². The van der Waals surface area contributed by atoms with Crippen molar-refractivity contribution in [3.05, 3.63) is 15.9 Å². The van der Waals surface area contributed by atoms with E-state index in [4.69, 9.17) is 5.73 Å². The lowest BCUT2D eigenvalue weighted by molar-refractivity contribution is 0.272. The molecule has 0 spiro atoms. The summed E-state index contributed by atoms with van der Waals surface area (Å²) < 4.78 is 27.5. The molecule has 1 aliphatic rings. The van der Waals surface area contributed by atoms with E-state index in [1.807, 2.05) is 0 Å². The van der Waals surface area contributed by atoms with Crippen molar-refractivity contribution in [2.75, 3.05) is 19.6 Å². The minimum Gasteiger partial charge on any atom is -0.330 e. The zero-order valence-corrected chi connectivity index (χ0v) is 13.7. The summed E-state index contributed by atoms with van der Waals surface area (Å²) in [5.74, 6) is 0.293. The summed E-state index contributed by atoms with van der Waals surface area (Å²) in [6.45, 7) is 1.71. The molecule has 1 aromatic heterocycles. The summed E-state index contributed by atoms with van der Waals surface area (Å²) in [4.78, 5) is 0. The maximum atomic E-state index is 12.3. The van der Waals surface area contributed by atoms with Gasteiger partial charge in [0.2, 0.25) is 0 Å². The SMILES string of the molecule is Cl.NCC1CCCN(S(=O)(=O)c2ccc(Br)s2)C1. The summed E-state index contributed by atoms with van der Waals surface area (Å²) in [5, 5.41) is 0. The van der Waals surface area contributed by atoms with Gasteiger partial charge in [0.15, 0.2) is 0 Å². The molecule has 0 bridgehead atoms. The average Bonchev–Trinajstić information content (AvgIpc) is 2.76. The molecule has 0 saturated carbocycles. The highest BCUT2D eigenvalue weighted by Gasteiger charge is 2.30. The predicted octanol–water partition coefficient (Wildman–Crippen LogP) is 2.29. The highest BCUT2D eigenvalue weighted by Crippen LogP contribution is 2.30. The van der Waals surface area contributed by atoms with Crippen LogP contribution in [0, 0.1) is 5.92 Å². The third-order valence-corrected chi connectivity index (χ3v) is 6.91. The average molecular weight is 376 g/mol. The molecule has 1 unspecified atom stereocenters. The van der Waals surface area contributed by atoms with Gasteiger partial charge in [-0.15, -0.1) is 23.7 Å². The van der Waals surface area contributed by atoms with Crippen LogP contribution < -0.4 is 5.73 Å². The zero-order chi connectivity index (χ0) is 12.5. The van der Waals surface area contributed by atoms with E-state index in [0.29, 0.717) is 29.8 Å². The minimum atomic E-state index is -3.32. The van der Waals surface area contributed by atoms with E-state index in [2.05, 4.69) is 15.9 Å². The monoisotopic (exact) mass is 374 g/mol. The van der Waals surface area contributed by atoms with Crippen molar-refractivity contribution in [2.45, 2.75) is 17.1 Å². The van der Waals surface area contributed by atoms with E-state index >= 15 is 0 Å². The Labute approximate surface area is 126 Å². The van der Waals surface area contributed by atoms with Crippen LogP contribution in [0.5, 0.6) is 0 Å². The second-order valence-electron chi connectivity index (χ2n) is 4.17. The molecule has 0 aliphatic carbocycles. The third kappa shape index (κ3) is 3.46. The molecule has 1 aromatic rings. The molecule has 8 heteroatoms. The molecular formula is C10H16BrClN2O2S2. The molecule has 1 saturated heterocycles. The first-order valence-corrected chi connectivity index (χ1v) is 8.54. The van der Waals surface area contributed by atoms with Gasteiger partial charge in [-0.1, -0.05) is 0 Å². The number of thiophene rings is 1. The number of rotatable bonds is 3.